The summed E-state index contributed by atoms with van der Waals surface area (Å²) in [6.45, 7) is 4.02. The monoisotopic (exact) mass is 124 g/mol. The van der Waals surface area contributed by atoms with E-state index < -0.39 is 0 Å². The zero-order chi connectivity index (χ0) is 6.85. The minimum Gasteiger partial charge on any atom is -0.338 e. The van der Waals surface area contributed by atoms with Crippen molar-refractivity contribution in [1.82, 2.24) is 4.90 Å². The highest BCUT2D eigenvalue weighted by molar-refractivity contribution is 5.84. The minimum atomic E-state index is 0.315. The van der Waals surface area contributed by atoms with Gasteiger partial charge >= 0.3 is 0 Å². The standard InChI is InChI=1S/C7H12N2/c1-4-5-7-8-6(2)9(7)3/h4-5,7H,1-3H3/b5-4-. The Morgan fingerprint density at radius 1 is 1.67 bits per heavy atom. The lowest BCUT2D eigenvalue weighted by atomic mass is 10.3. The second-order valence-electron chi connectivity index (χ2n) is 2.23. The smallest absolute Gasteiger partial charge is 0.142 e. The molecular formula is C7H12N2. The van der Waals surface area contributed by atoms with Crippen molar-refractivity contribution < 1.29 is 0 Å². The van der Waals surface area contributed by atoms with Crippen molar-refractivity contribution in [3.05, 3.63) is 12.2 Å². The van der Waals surface area contributed by atoms with Crippen LogP contribution in [0.3, 0.4) is 0 Å². The van der Waals surface area contributed by atoms with Crippen LogP contribution in [0.5, 0.6) is 0 Å². The van der Waals surface area contributed by atoms with Crippen molar-refractivity contribution in [1.29, 1.82) is 0 Å². The molecule has 0 radical (unpaired) electrons. The van der Waals surface area contributed by atoms with Crippen molar-refractivity contribution in [2.45, 2.75) is 20.0 Å². The van der Waals surface area contributed by atoms with Crippen LogP contribution in [-0.4, -0.2) is 23.9 Å². The second kappa shape index (κ2) is 2.21. The summed E-state index contributed by atoms with van der Waals surface area (Å²) in [4.78, 5) is 6.39. The van der Waals surface area contributed by atoms with Gasteiger partial charge in [0.1, 0.15) is 12.0 Å². The summed E-state index contributed by atoms with van der Waals surface area (Å²) in [5.41, 5.74) is 0. The number of allylic oxidation sites excluding steroid dienone is 1. The van der Waals surface area contributed by atoms with Gasteiger partial charge in [0.15, 0.2) is 0 Å². The Kier molecular flexibility index (Phi) is 1.56. The molecule has 1 heterocycles. The van der Waals surface area contributed by atoms with Gasteiger partial charge in [-0.3, -0.25) is 0 Å². The number of hydrogen-bond acceptors (Lipinski definition) is 2. The summed E-state index contributed by atoms with van der Waals surface area (Å²) < 4.78 is 0. The summed E-state index contributed by atoms with van der Waals surface area (Å²) in [6.07, 6.45) is 4.42. The molecule has 0 aromatic rings. The molecule has 0 spiro atoms. The normalized spacial score (nSPS) is 26.3. The van der Waals surface area contributed by atoms with Gasteiger partial charge in [-0.1, -0.05) is 6.08 Å². The lowest BCUT2D eigenvalue weighted by Gasteiger charge is -2.33. The van der Waals surface area contributed by atoms with E-state index in [-0.39, 0.29) is 0 Å². The Morgan fingerprint density at radius 3 is 2.67 bits per heavy atom. The Labute approximate surface area is 55.9 Å². The Morgan fingerprint density at radius 2 is 2.33 bits per heavy atom. The third-order valence-electron chi connectivity index (χ3n) is 1.59. The van der Waals surface area contributed by atoms with Crippen LogP contribution in [-0.2, 0) is 0 Å². The van der Waals surface area contributed by atoms with Crippen LogP contribution < -0.4 is 0 Å². The molecule has 50 valence electrons. The first-order valence-corrected chi connectivity index (χ1v) is 3.15. The average molecular weight is 124 g/mol. The zero-order valence-electron chi connectivity index (χ0n) is 6.13. The van der Waals surface area contributed by atoms with E-state index in [1.807, 2.05) is 27.0 Å². The number of likely N-dealkylation sites (N-methyl/N-ethyl adjacent to an activating group) is 1. The molecule has 2 heteroatoms. The van der Waals surface area contributed by atoms with Crippen LogP contribution in [0.1, 0.15) is 13.8 Å². The predicted molar refractivity (Wildman–Crippen MR) is 39.5 cm³/mol. The fourth-order valence-corrected chi connectivity index (χ4v) is 0.849. The first-order chi connectivity index (χ1) is 4.25. The predicted octanol–water partition coefficient (Wildman–Crippen LogP) is 1.25. The van der Waals surface area contributed by atoms with Gasteiger partial charge in [-0.05, 0) is 19.9 Å². The summed E-state index contributed by atoms with van der Waals surface area (Å²) in [5.74, 6) is 1.12. The highest BCUT2D eigenvalue weighted by Crippen LogP contribution is 2.11. The number of rotatable bonds is 1. The van der Waals surface area contributed by atoms with Crippen LogP contribution >= 0.6 is 0 Å². The summed E-state index contributed by atoms with van der Waals surface area (Å²) in [6, 6.07) is 0. The molecule has 2 nitrogen and oxygen atoms in total. The molecule has 9 heavy (non-hydrogen) atoms. The number of aliphatic imine (C=N–C) groups is 1. The Bertz CT molecular complexity index is 158. The van der Waals surface area contributed by atoms with Crippen molar-refractivity contribution >= 4 is 5.84 Å². The highest BCUT2D eigenvalue weighted by atomic mass is 15.3. The molecule has 0 aromatic heterocycles. The average Bonchev–Trinajstić information content (AvgIpc) is 1.88. The molecule has 0 saturated heterocycles. The highest BCUT2D eigenvalue weighted by Gasteiger charge is 2.19. The van der Waals surface area contributed by atoms with E-state index in [1.54, 1.807) is 0 Å². The summed E-state index contributed by atoms with van der Waals surface area (Å²) >= 11 is 0. The van der Waals surface area contributed by atoms with E-state index in [4.69, 9.17) is 0 Å². The van der Waals surface area contributed by atoms with Crippen LogP contribution in [0.15, 0.2) is 17.1 Å². The van der Waals surface area contributed by atoms with Gasteiger partial charge < -0.3 is 4.90 Å². The van der Waals surface area contributed by atoms with Gasteiger partial charge in [0.25, 0.3) is 0 Å². The maximum Gasteiger partial charge on any atom is 0.142 e. The van der Waals surface area contributed by atoms with Crippen LogP contribution in [0.25, 0.3) is 0 Å². The molecule has 1 atom stereocenters. The van der Waals surface area contributed by atoms with E-state index >= 15 is 0 Å². The molecule has 1 aliphatic heterocycles. The first-order valence-electron chi connectivity index (χ1n) is 3.15. The molecule has 0 bridgehead atoms. The Balaban J connectivity index is 2.52. The molecule has 0 aromatic carbocycles. The van der Waals surface area contributed by atoms with Crippen molar-refractivity contribution in [3.63, 3.8) is 0 Å². The maximum atomic E-state index is 4.25. The molecule has 0 N–H and O–H groups in total. The third-order valence-corrected chi connectivity index (χ3v) is 1.59. The van der Waals surface area contributed by atoms with Gasteiger partial charge in [-0.2, -0.15) is 0 Å². The summed E-state index contributed by atoms with van der Waals surface area (Å²) in [7, 11) is 2.05. The fourth-order valence-electron chi connectivity index (χ4n) is 0.849. The van der Waals surface area contributed by atoms with E-state index in [1.165, 1.54) is 0 Å². The lowest BCUT2D eigenvalue weighted by Crippen LogP contribution is -2.42. The van der Waals surface area contributed by atoms with E-state index in [0.29, 0.717) is 6.17 Å². The Hall–Kier alpha value is -0.790. The molecule has 1 aliphatic rings. The van der Waals surface area contributed by atoms with Gasteiger partial charge in [-0.15, -0.1) is 0 Å². The second-order valence-corrected chi connectivity index (χ2v) is 2.23. The molecule has 0 amide bonds. The van der Waals surface area contributed by atoms with Crippen molar-refractivity contribution in [2.24, 2.45) is 4.99 Å². The van der Waals surface area contributed by atoms with Gasteiger partial charge in [0, 0.05) is 7.05 Å². The largest absolute Gasteiger partial charge is 0.338 e. The van der Waals surface area contributed by atoms with E-state index in [0.717, 1.165) is 5.84 Å². The molecular weight excluding hydrogens is 112 g/mol. The molecule has 0 aliphatic carbocycles. The molecule has 1 rings (SSSR count). The van der Waals surface area contributed by atoms with Crippen LogP contribution in [0.2, 0.25) is 0 Å². The van der Waals surface area contributed by atoms with Gasteiger partial charge in [0.2, 0.25) is 0 Å². The number of nitrogens with zero attached hydrogens (tertiary/aromatic N) is 2. The van der Waals surface area contributed by atoms with E-state index in [9.17, 15) is 0 Å². The van der Waals surface area contributed by atoms with E-state index in [2.05, 4.69) is 16.0 Å². The molecule has 0 saturated carbocycles. The molecule has 1 unspecified atom stereocenters. The zero-order valence-corrected chi connectivity index (χ0v) is 6.13. The van der Waals surface area contributed by atoms with Gasteiger partial charge in [0.05, 0.1) is 0 Å². The quantitative estimate of drug-likeness (QED) is 0.480. The topological polar surface area (TPSA) is 15.6 Å². The van der Waals surface area contributed by atoms with Crippen LogP contribution in [0.4, 0.5) is 0 Å². The lowest BCUT2D eigenvalue weighted by molar-refractivity contribution is 0.376. The minimum absolute atomic E-state index is 0.315. The number of hydrogen-bond donors (Lipinski definition) is 0. The molecule has 0 fully saturated rings. The van der Waals surface area contributed by atoms with Crippen LogP contribution in [0, 0.1) is 0 Å². The fraction of sp³-hybridized carbons (Fsp3) is 0.571. The van der Waals surface area contributed by atoms with Crippen molar-refractivity contribution in [3.8, 4) is 0 Å². The number of amidine groups is 1. The SMILES string of the molecule is C/C=C\C1N=C(C)N1C. The van der Waals surface area contributed by atoms with Gasteiger partial charge in [-0.25, -0.2) is 4.99 Å². The third kappa shape index (κ3) is 0.969. The first kappa shape index (κ1) is 6.33. The van der Waals surface area contributed by atoms with Crippen molar-refractivity contribution in [2.75, 3.05) is 7.05 Å². The summed E-state index contributed by atoms with van der Waals surface area (Å²) in [5, 5.41) is 0. The maximum absolute atomic E-state index is 4.25.